The fourth-order valence-corrected chi connectivity index (χ4v) is 6.55. The number of carbonyl (C=O) groups is 3. The van der Waals surface area contributed by atoms with Crippen LogP contribution in [0, 0.1) is 5.92 Å². The molecule has 186 valence electrons. The molecule has 0 spiro atoms. The number of imide groups is 1. The molecule has 5 rings (SSSR count). The molecule has 4 heterocycles. The number of nitrogens with zero attached hydrogens (tertiary/aromatic N) is 3. The quantitative estimate of drug-likeness (QED) is 0.573. The van der Waals surface area contributed by atoms with Gasteiger partial charge in [-0.1, -0.05) is 36.4 Å². The van der Waals surface area contributed by atoms with Crippen LogP contribution in [0.3, 0.4) is 0 Å². The minimum atomic E-state index is -0.952. The molecule has 8 heteroatoms. The first-order chi connectivity index (χ1) is 17.0. The lowest BCUT2D eigenvalue weighted by Crippen LogP contribution is -2.58. The highest BCUT2D eigenvalue weighted by Gasteiger charge is 2.55. The maximum absolute atomic E-state index is 13.9. The summed E-state index contributed by atoms with van der Waals surface area (Å²) in [6.07, 6.45) is 4.68. The van der Waals surface area contributed by atoms with Crippen molar-refractivity contribution in [1.29, 1.82) is 0 Å². The number of hydrogen-bond donors (Lipinski definition) is 1. The Morgan fingerprint density at radius 2 is 1.71 bits per heavy atom. The summed E-state index contributed by atoms with van der Waals surface area (Å²) in [5.41, 5.74) is 0.0885. The molecular formula is C27H34N4O3S. The van der Waals surface area contributed by atoms with E-state index in [1.54, 1.807) is 11.3 Å². The Balaban J connectivity index is 1.30. The zero-order valence-corrected chi connectivity index (χ0v) is 21.0. The van der Waals surface area contributed by atoms with Crippen molar-refractivity contribution >= 4 is 29.2 Å². The van der Waals surface area contributed by atoms with E-state index in [9.17, 15) is 14.4 Å². The summed E-state index contributed by atoms with van der Waals surface area (Å²) in [5.74, 6) is 0.0210. The molecule has 4 amide bonds. The molecule has 1 aromatic heterocycles. The SMILES string of the molecule is O=C(Cc1cccs1)N1CCC([C@]2(Cc3ccccc3)NC(=O)N(CCN3CCCC3)C2=O)CC1. The van der Waals surface area contributed by atoms with Crippen LogP contribution in [-0.4, -0.2) is 77.4 Å². The van der Waals surface area contributed by atoms with Gasteiger partial charge < -0.3 is 15.1 Å². The predicted octanol–water partition coefficient (Wildman–Crippen LogP) is 3.16. The molecule has 0 unspecified atom stereocenters. The summed E-state index contributed by atoms with van der Waals surface area (Å²) in [6, 6.07) is 13.6. The lowest BCUT2D eigenvalue weighted by Gasteiger charge is -2.41. The van der Waals surface area contributed by atoms with Crippen molar-refractivity contribution < 1.29 is 14.4 Å². The number of amides is 4. The molecule has 1 aromatic carbocycles. The van der Waals surface area contributed by atoms with Crippen LogP contribution in [-0.2, 0) is 22.4 Å². The zero-order valence-electron chi connectivity index (χ0n) is 20.2. The van der Waals surface area contributed by atoms with E-state index in [-0.39, 0.29) is 23.8 Å². The van der Waals surface area contributed by atoms with Crippen LogP contribution in [0.4, 0.5) is 4.79 Å². The molecule has 3 aliphatic rings. The Morgan fingerprint density at radius 1 is 0.971 bits per heavy atom. The average molecular weight is 495 g/mol. The second-order valence-corrected chi connectivity index (χ2v) is 11.0. The van der Waals surface area contributed by atoms with Crippen molar-refractivity contribution in [3.8, 4) is 0 Å². The van der Waals surface area contributed by atoms with Crippen LogP contribution in [0.25, 0.3) is 0 Å². The van der Waals surface area contributed by atoms with E-state index in [4.69, 9.17) is 0 Å². The van der Waals surface area contributed by atoms with Crippen LogP contribution in [0.2, 0.25) is 0 Å². The van der Waals surface area contributed by atoms with Gasteiger partial charge in [0.1, 0.15) is 5.54 Å². The summed E-state index contributed by atoms with van der Waals surface area (Å²) in [5, 5.41) is 5.15. The summed E-state index contributed by atoms with van der Waals surface area (Å²) >= 11 is 1.60. The third-order valence-corrected chi connectivity index (χ3v) is 8.69. The molecule has 2 aromatic rings. The zero-order chi connectivity index (χ0) is 24.3. The topological polar surface area (TPSA) is 73.0 Å². The Kier molecular flexibility index (Phi) is 7.20. The fourth-order valence-electron chi connectivity index (χ4n) is 5.85. The van der Waals surface area contributed by atoms with Gasteiger partial charge in [-0.3, -0.25) is 14.5 Å². The van der Waals surface area contributed by atoms with Crippen LogP contribution in [0.1, 0.15) is 36.1 Å². The average Bonchev–Trinajstić information content (AvgIpc) is 3.62. The maximum Gasteiger partial charge on any atom is 0.325 e. The molecule has 0 radical (unpaired) electrons. The smallest absolute Gasteiger partial charge is 0.325 e. The number of rotatable bonds is 8. The largest absolute Gasteiger partial charge is 0.342 e. The third-order valence-electron chi connectivity index (χ3n) is 7.82. The predicted molar refractivity (Wildman–Crippen MR) is 136 cm³/mol. The molecule has 0 aliphatic carbocycles. The van der Waals surface area contributed by atoms with E-state index >= 15 is 0 Å². The first kappa shape index (κ1) is 24.0. The Bertz CT molecular complexity index is 1030. The summed E-state index contributed by atoms with van der Waals surface area (Å²) in [7, 11) is 0. The summed E-state index contributed by atoms with van der Waals surface area (Å²) < 4.78 is 0. The molecular weight excluding hydrogens is 460 g/mol. The molecule has 0 saturated carbocycles. The van der Waals surface area contributed by atoms with Crippen molar-refractivity contribution in [1.82, 2.24) is 20.0 Å². The highest BCUT2D eigenvalue weighted by atomic mass is 32.1. The second-order valence-electron chi connectivity index (χ2n) is 9.98. The molecule has 35 heavy (non-hydrogen) atoms. The lowest BCUT2D eigenvalue weighted by molar-refractivity contribution is -0.135. The Labute approximate surface area is 211 Å². The van der Waals surface area contributed by atoms with Gasteiger partial charge >= 0.3 is 6.03 Å². The van der Waals surface area contributed by atoms with Gasteiger partial charge in [0.2, 0.25) is 5.91 Å². The number of hydrogen-bond acceptors (Lipinski definition) is 5. The number of piperidine rings is 1. The van der Waals surface area contributed by atoms with Crippen LogP contribution >= 0.6 is 11.3 Å². The minimum Gasteiger partial charge on any atom is -0.342 e. The molecule has 7 nitrogen and oxygen atoms in total. The molecule has 3 saturated heterocycles. The van der Waals surface area contributed by atoms with E-state index in [2.05, 4.69) is 10.2 Å². The Hall–Kier alpha value is -2.71. The van der Waals surface area contributed by atoms with Crippen LogP contribution in [0.15, 0.2) is 47.8 Å². The first-order valence-electron chi connectivity index (χ1n) is 12.8. The fraction of sp³-hybridized carbons (Fsp3) is 0.519. The number of benzene rings is 1. The van der Waals surface area contributed by atoms with Crippen molar-refractivity contribution in [3.63, 3.8) is 0 Å². The van der Waals surface area contributed by atoms with Crippen molar-refractivity contribution in [2.24, 2.45) is 5.92 Å². The normalized spacial score (nSPS) is 23.8. The molecule has 1 atom stereocenters. The van der Waals surface area contributed by atoms with Gasteiger partial charge in [-0.15, -0.1) is 11.3 Å². The van der Waals surface area contributed by atoms with Crippen LogP contribution in [0.5, 0.6) is 0 Å². The number of thiophene rings is 1. The first-order valence-corrected chi connectivity index (χ1v) is 13.6. The summed E-state index contributed by atoms with van der Waals surface area (Å²) in [6.45, 7) is 4.47. The number of urea groups is 1. The highest BCUT2D eigenvalue weighted by molar-refractivity contribution is 7.10. The molecule has 3 fully saturated rings. The number of likely N-dealkylation sites (tertiary alicyclic amines) is 2. The van der Waals surface area contributed by atoms with E-state index in [0.717, 1.165) is 30.1 Å². The molecule has 0 bridgehead atoms. The third kappa shape index (κ3) is 5.14. The minimum absolute atomic E-state index is 0.0123. The van der Waals surface area contributed by atoms with Crippen molar-refractivity contribution in [2.75, 3.05) is 39.3 Å². The van der Waals surface area contributed by atoms with Gasteiger partial charge in [0, 0.05) is 37.5 Å². The number of nitrogens with one attached hydrogen (secondary N) is 1. The standard InChI is InChI=1S/C27H34N4O3S/c32-24(19-23-9-6-18-35-23)30-14-10-22(11-15-30)27(20-21-7-2-1-3-8-21)25(33)31(26(34)28-27)17-16-29-12-4-5-13-29/h1-3,6-9,18,22H,4-5,10-17,19-20H2,(H,28,34)/t27-/m0/s1. The van der Waals surface area contributed by atoms with E-state index in [1.807, 2.05) is 52.7 Å². The van der Waals surface area contributed by atoms with Gasteiger partial charge in [0.25, 0.3) is 5.91 Å². The van der Waals surface area contributed by atoms with Crippen molar-refractivity contribution in [2.45, 2.75) is 44.1 Å². The van der Waals surface area contributed by atoms with E-state index in [0.29, 0.717) is 45.3 Å². The Morgan fingerprint density at radius 3 is 2.40 bits per heavy atom. The molecule has 1 N–H and O–H groups in total. The molecule has 3 aliphatic heterocycles. The summed E-state index contributed by atoms with van der Waals surface area (Å²) in [4.78, 5) is 46.6. The van der Waals surface area contributed by atoms with Crippen LogP contribution < -0.4 is 5.32 Å². The monoisotopic (exact) mass is 494 g/mol. The number of carbonyl (C=O) groups excluding carboxylic acids is 3. The van der Waals surface area contributed by atoms with Gasteiger partial charge in [-0.05, 0) is 61.7 Å². The highest BCUT2D eigenvalue weighted by Crippen LogP contribution is 2.36. The van der Waals surface area contributed by atoms with E-state index < -0.39 is 5.54 Å². The maximum atomic E-state index is 13.9. The van der Waals surface area contributed by atoms with E-state index in [1.165, 1.54) is 17.7 Å². The van der Waals surface area contributed by atoms with Gasteiger partial charge in [-0.25, -0.2) is 4.79 Å². The van der Waals surface area contributed by atoms with Gasteiger partial charge in [0.15, 0.2) is 0 Å². The lowest BCUT2D eigenvalue weighted by atomic mass is 9.74. The second kappa shape index (κ2) is 10.5. The van der Waals surface area contributed by atoms with Gasteiger partial charge in [0.05, 0.1) is 6.42 Å². The van der Waals surface area contributed by atoms with Crippen molar-refractivity contribution in [3.05, 3.63) is 58.3 Å². The van der Waals surface area contributed by atoms with Gasteiger partial charge in [-0.2, -0.15) is 0 Å².